The van der Waals surface area contributed by atoms with Crippen molar-refractivity contribution in [3.8, 4) is 0 Å². The van der Waals surface area contributed by atoms with Crippen LogP contribution in [0.3, 0.4) is 0 Å². The van der Waals surface area contributed by atoms with Crippen molar-refractivity contribution >= 4 is 23.0 Å². The molecule has 0 saturated carbocycles. The van der Waals surface area contributed by atoms with Crippen LogP contribution in [-0.2, 0) is 4.79 Å². The Balaban J connectivity index is 3.07. The molecule has 0 saturated heterocycles. The molecular formula is C8H11N5O3. The lowest BCUT2D eigenvalue weighted by Crippen LogP contribution is -2.22. The lowest BCUT2D eigenvalue weighted by molar-refractivity contribution is -0.383. The van der Waals surface area contributed by atoms with Crippen LogP contribution in [0.4, 0.5) is 17.1 Å². The molecule has 1 amide bonds. The van der Waals surface area contributed by atoms with Gasteiger partial charge in [-0.1, -0.05) is 6.07 Å². The summed E-state index contributed by atoms with van der Waals surface area (Å²) >= 11 is 0. The second-order valence-corrected chi connectivity index (χ2v) is 2.92. The van der Waals surface area contributed by atoms with Gasteiger partial charge in [-0.3, -0.25) is 20.8 Å². The number of nitrogen functional groups attached to an aromatic ring is 1. The van der Waals surface area contributed by atoms with Crippen molar-refractivity contribution in [1.29, 1.82) is 0 Å². The number of anilines is 2. The number of nitrogens with one attached hydrogen (secondary N) is 2. The van der Waals surface area contributed by atoms with E-state index in [1.54, 1.807) is 6.07 Å². The van der Waals surface area contributed by atoms with Gasteiger partial charge in [-0.05, 0) is 12.1 Å². The molecule has 6 N–H and O–H groups in total. The van der Waals surface area contributed by atoms with Crippen LogP contribution in [0.1, 0.15) is 0 Å². The third-order valence-electron chi connectivity index (χ3n) is 1.83. The first-order chi connectivity index (χ1) is 7.56. The molecule has 0 aliphatic carbocycles. The second-order valence-electron chi connectivity index (χ2n) is 2.92. The number of amides is 1. The molecule has 0 aromatic heterocycles. The highest BCUT2D eigenvalue weighted by atomic mass is 16.6. The van der Waals surface area contributed by atoms with Gasteiger partial charge in [-0.25, -0.2) is 0 Å². The number of primary amides is 1. The summed E-state index contributed by atoms with van der Waals surface area (Å²) in [4.78, 5) is 20.8. The third kappa shape index (κ3) is 2.58. The number of hydrogen-bond donors (Lipinski definition) is 4. The van der Waals surface area contributed by atoms with Crippen LogP contribution in [0.15, 0.2) is 18.2 Å². The Labute approximate surface area is 90.7 Å². The normalized spacial score (nSPS) is 9.56. The molecule has 0 radical (unpaired) electrons. The third-order valence-corrected chi connectivity index (χ3v) is 1.83. The Bertz CT molecular complexity index is 420. The van der Waals surface area contributed by atoms with Gasteiger partial charge in [0.15, 0.2) is 0 Å². The fraction of sp³-hybridized carbons (Fsp3) is 0.125. The predicted octanol–water partition coefficient (Wildman–Crippen LogP) is -0.222. The van der Waals surface area contributed by atoms with Crippen molar-refractivity contribution in [3.05, 3.63) is 28.3 Å². The highest BCUT2D eigenvalue weighted by Crippen LogP contribution is 2.31. The molecule has 0 fully saturated rings. The summed E-state index contributed by atoms with van der Waals surface area (Å²) in [6.45, 7) is -0.186. The molecule has 0 aliphatic heterocycles. The number of carbonyl (C=O) groups is 1. The van der Waals surface area contributed by atoms with E-state index in [1.165, 1.54) is 12.1 Å². The number of para-hydroxylation sites is 1. The van der Waals surface area contributed by atoms with Crippen molar-refractivity contribution in [2.75, 3.05) is 17.3 Å². The average Bonchev–Trinajstić information content (AvgIpc) is 2.25. The number of nitro benzene ring substituents is 1. The highest BCUT2D eigenvalue weighted by Gasteiger charge is 2.18. The lowest BCUT2D eigenvalue weighted by atomic mass is 10.2. The molecule has 0 atom stereocenters. The molecule has 8 heteroatoms. The van der Waals surface area contributed by atoms with Gasteiger partial charge in [0.05, 0.1) is 11.5 Å². The van der Waals surface area contributed by atoms with E-state index in [9.17, 15) is 14.9 Å². The molecule has 0 spiro atoms. The minimum absolute atomic E-state index is 0.152. The minimum atomic E-state index is -0.611. The number of benzene rings is 1. The van der Waals surface area contributed by atoms with E-state index in [0.29, 0.717) is 0 Å². The Morgan fingerprint density at radius 1 is 1.44 bits per heavy atom. The molecule has 0 aliphatic rings. The van der Waals surface area contributed by atoms with Gasteiger partial charge in [-0.2, -0.15) is 0 Å². The summed E-state index contributed by atoms with van der Waals surface area (Å²) in [5.74, 6) is 4.53. The number of hydrogen-bond acceptors (Lipinski definition) is 6. The van der Waals surface area contributed by atoms with Gasteiger partial charge in [0.25, 0.3) is 0 Å². The van der Waals surface area contributed by atoms with Crippen LogP contribution in [0.5, 0.6) is 0 Å². The van der Waals surface area contributed by atoms with Crippen LogP contribution >= 0.6 is 0 Å². The van der Waals surface area contributed by atoms with Gasteiger partial charge in [0, 0.05) is 0 Å². The van der Waals surface area contributed by atoms with Crippen molar-refractivity contribution in [1.82, 2.24) is 0 Å². The molecule has 1 aromatic carbocycles. The smallest absolute Gasteiger partial charge is 0.316 e. The lowest BCUT2D eigenvalue weighted by Gasteiger charge is -2.08. The first-order valence-corrected chi connectivity index (χ1v) is 4.32. The van der Waals surface area contributed by atoms with Crippen molar-refractivity contribution < 1.29 is 9.72 Å². The molecule has 0 unspecified atom stereocenters. The first-order valence-electron chi connectivity index (χ1n) is 4.32. The maximum Gasteiger partial charge on any atom is 0.316 e. The maximum atomic E-state index is 10.8. The zero-order valence-electron chi connectivity index (χ0n) is 8.27. The number of nitro groups is 1. The van der Waals surface area contributed by atoms with Crippen LogP contribution in [0, 0.1) is 10.1 Å². The molecule has 0 heterocycles. The predicted molar refractivity (Wildman–Crippen MR) is 58.6 cm³/mol. The van der Waals surface area contributed by atoms with Crippen LogP contribution in [0.25, 0.3) is 0 Å². The monoisotopic (exact) mass is 225 g/mol. The van der Waals surface area contributed by atoms with E-state index in [1.807, 2.05) is 0 Å². The minimum Gasteiger partial charge on any atom is -0.370 e. The molecule has 86 valence electrons. The topological polar surface area (TPSA) is 136 Å². The average molecular weight is 225 g/mol. The SMILES string of the molecule is NNc1cccc(NCC(N)=O)c1[N+](=O)[O-]. The summed E-state index contributed by atoms with van der Waals surface area (Å²) in [7, 11) is 0. The zero-order chi connectivity index (χ0) is 12.1. The van der Waals surface area contributed by atoms with Gasteiger partial charge in [-0.15, -0.1) is 0 Å². The molecule has 16 heavy (non-hydrogen) atoms. The maximum absolute atomic E-state index is 10.8. The summed E-state index contributed by atoms with van der Waals surface area (Å²) in [6.07, 6.45) is 0. The molecular weight excluding hydrogens is 214 g/mol. The summed E-state index contributed by atoms with van der Waals surface area (Å²) in [5, 5.41) is 13.4. The Morgan fingerprint density at radius 2 is 2.06 bits per heavy atom. The van der Waals surface area contributed by atoms with Crippen molar-refractivity contribution in [3.63, 3.8) is 0 Å². The molecule has 1 aromatic rings. The molecule has 1 rings (SSSR count). The number of rotatable bonds is 5. The standard InChI is InChI=1S/C8H11N5O3/c9-7(14)4-11-5-2-1-3-6(12-10)8(5)13(15)16/h1-3,11-12H,4,10H2,(H2,9,14). The van der Waals surface area contributed by atoms with E-state index in [-0.39, 0.29) is 23.6 Å². The zero-order valence-corrected chi connectivity index (χ0v) is 8.27. The van der Waals surface area contributed by atoms with Crippen LogP contribution in [0.2, 0.25) is 0 Å². The van der Waals surface area contributed by atoms with E-state index in [2.05, 4.69) is 10.7 Å². The van der Waals surface area contributed by atoms with E-state index < -0.39 is 10.8 Å². The fourth-order valence-corrected chi connectivity index (χ4v) is 1.18. The summed E-state index contributed by atoms with van der Waals surface area (Å²) in [6, 6.07) is 4.47. The highest BCUT2D eigenvalue weighted by molar-refractivity contribution is 5.82. The van der Waals surface area contributed by atoms with Gasteiger partial charge in [0.1, 0.15) is 11.4 Å². The summed E-state index contributed by atoms with van der Waals surface area (Å²) in [5.41, 5.74) is 7.23. The van der Waals surface area contributed by atoms with E-state index in [0.717, 1.165) is 0 Å². The molecule has 8 nitrogen and oxygen atoms in total. The summed E-state index contributed by atoms with van der Waals surface area (Å²) < 4.78 is 0. The fourth-order valence-electron chi connectivity index (χ4n) is 1.18. The van der Waals surface area contributed by atoms with Gasteiger partial charge >= 0.3 is 5.69 Å². The van der Waals surface area contributed by atoms with Crippen molar-refractivity contribution in [2.24, 2.45) is 11.6 Å². The number of hydrazine groups is 1. The van der Waals surface area contributed by atoms with Crippen LogP contribution in [-0.4, -0.2) is 17.4 Å². The number of carbonyl (C=O) groups excluding carboxylic acids is 1. The largest absolute Gasteiger partial charge is 0.370 e. The Morgan fingerprint density at radius 3 is 2.56 bits per heavy atom. The van der Waals surface area contributed by atoms with E-state index in [4.69, 9.17) is 11.6 Å². The number of nitrogens with two attached hydrogens (primary N) is 2. The Hall–Kier alpha value is -2.35. The number of nitrogens with zero attached hydrogens (tertiary/aromatic N) is 1. The van der Waals surface area contributed by atoms with E-state index >= 15 is 0 Å². The van der Waals surface area contributed by atoms with Gasteiger partial charge < -0.3 is 16.5 Å². The first kappa shape index (κ1) is 11.7. The quantitative estimate of drug-likeness (QED) is 0.310. The molecule has 0 bridgehead atoms. The van der Waals surface area contributed by atoms with Crippen molar-refractivity contribution in [2.45, 2.75) is 0 Å². The van der Waals surface area contributed by atoms with Crippen LogP contribution < -0.4 is 22.3 Å². The second kappa shape index (κ2) is 4.94. The van der Waals surface area contributed by atoms with Gasteiger partial charge in [0.2, 0.25) is 5.91 Å². The Kier molecular flexibility index (Phi) is 3.62.